The van der Waals surface area contributed by atoms with E-state index in [1.807, 2.05) is 0 Å². The van der Waals surface area contributed by atoms with Gasteiger partial charge in [-0.3, -0.25) is 4.79 Å². The quantitative estimate of drug-likeness (QED) is 0.739. The van der Waals surface area contributed by atoms with Gasteiger partial charge in [-0.25, -0.2) is 0 Å². The molecule has 74 valence electrons. The van der Waals surface area contributed by atoms with E-state index in [9.17, 15) is 9.90 Å². The number of phenolic OH excluding ortho intramolecular Hbond substituents is 1. The third kappa shape index (κ3) is 1.25. The standard InChI is InChI=1S/C11H12O3/c1-14-11-9(13)6-5-7-3-2-4-8(12)10(7)11/h5-6,13H,2-4H2,1H3. The Kier molecular flexibility index (Phi) is 2.15. The van der Waals surface area contributed by atoms with E-state index < -0.39 is 0 Å². The van der Waals surface area contributed by atoms with Crippen molar-refractivity contribution in [2.45, 2.75) is 19.3 Å². The highest BCUT2D eigenvalue weighted by Gasteiger charge is 2.23. The van der Waals surface area contributed by atoms with E-state index in [1.165, 1.54) is 7.11 Å². The van der Waals surface area contributed by atoms with Crippen molar-refractivity contribution in [2.75, 3.05) is 7.11 Å². The summed E-state index contributed by atoms with van der Waals surface area (Å²) < 4.78 is 5.04. The molecule has 1 aliphatic rings. The number of carbonyl (C=O) groups is 1. The molecule has 1 N–H and O–H groups in total. The summed E-state index contributed by atoms with van der Waals surface area (Å²) in [5.41, 5.74) is 1.55. The van der Waals surface area contributed by atoms with E-state index in [-0.39, 0.29) is 11.5 Å². The van der Waals surface area contributed by atoms with Gasteiger partial charge in [-0.05, 0) is 24.5 Å². The molecule has 3 heteroatoms. The van der Waals surface area contributed by atoms with Crippen molar-refractivity contribution in [3.8, 4) is 11.5 Å². The third-order valence-corrected chi connectivity index (χ3v) is 2.56. The molecule has 2 rings (SSSR count). The number of hydrogen-bond acceptors (Lipinski definition) is 3. The van der Waals surface area contributed by atoms with Crippen LogP contribution in [-0.2, 0) is 6.42 Å². The Morgan fingerprint density at radius 3 is 2.86 bits per heavy atom. The molecule has 1 aromatic rings. The van der Waals surface area contributed by atoms with Crippen LogP contribution >= 0.6 is 0 Å². The summed E-state index contributed by atoms with van der Waals surface area (Å²) in [4.78, 5) is 11.6. The number of carbonyl (C=O) groups excluding carboxylic acids is 1. The normalized spacial score (nSPS) is 15.1. The summed E-state index contributed by atoms with van der Waals surface area (Å²) in [6, 6.07) is 3.38. The molecule has 0 fully saturated rings. The maximum Gasteiger partial charge on any atom is 0.171 e. The first-order valence-corrected chi connectivity index (χ1v) is 4.66. The molecule has 0 amide bonds. The van der Waals surface area contributed by atoms with Crippen LogP contribution in [0.25, 0.3) is 0 Å². The highest BCUT2D eigenvalue weighted by Crippen LogP contribution is 2.36. The van der Waals surface area contributed by atoms with Crippen LogP contribution in [0.2, 0.25) is 0 Å². The van der Waals surface area contributed by atoms with E-state index in [2.05, 4.69) is 0 Å². The fourth-order valence-corrected chi connectivity index (χ4v) is 1.90. The summed E-state index contributed by atoms with van der Waals surface area (Å²) >= 11 is 0. The number of ketones is 1. The lowest BCUT2D eigenvalue weighted by Gasteiger charge is -2.17. The summed E-state index contributed by atoms with van der Waals surface area (Å²) in [6.07, 6.45) is 2.32. The molecule has 3 nitrogen and oxygen atoms in total. The van der Waals surface area contributed by atoms with Gasteiger partial charge in [0, 0.05) is 6.42 Å². The zero-order valence-electron chi connectivity index (χ0n) is 8.04. The van der Waals surface area contributed by atoms with Crippen LogP contribution in [-0.4, -0.2) is 18.0 Å². The third-order valence-electron chi connectivity index (χ3n) is 2.56. The van der Waals surface area contributed by atoms with Crippen molar-refractivity contribution >= 4 is 5.78 Å². The Labute approximate surface area is 82.3 Å². The van der Waals surface area contributed by atoms with Crippen molar-refractivity contribution in [1.82, 2.24) is 0 Å². The van der Waals surface area contributed by atoms with E-state index in [1.54, 1.807) is 12.1 Å². The fourth-order valence-electron chi connectivity index (χ4n) is 1.90. The van der Waals surface area contributed by atoms with Crippen molar-refractivity contribution in [2.24, 2.45) is 0 Å². The molecule has 1 aromatic carbocycles. The first kappa shape index (κ1) is 9.06. The van der Waals surface area contributed by atoms with Gasteiger partial charge in [-0.2, -0.15) is 0 Å². The second kappa shape index (κ2) is 3.33. The molecule has 0 saturated heterocycles. The van der Waals surface area contributed by atoms with Gasteiger partial charge < -0.3 is 9.84 Å². The number of phenols is 1. The predicted octanol–water partition coefficient (Wildman–Crippen LogP) is 1.92. The molecule has 0 bridgehead atoms. The van der Waals surface area contributed by atoms with E-state index in [0.29, 0.717) is 17.7 Å². The fraction of sp³-hybridized carbons (Fsp3) is 0.364. The molecule has 0 aromatic heterocycles. The SMILES string of the molecule is COc1c(O)ccc2c1C(=O)CCC2. The second-order valence-corrected chi connectivity index (χ2v) is 3.43. The molecule has 0 saturated carbocycles. The van der Waals surface area contributed by atoms with Gasteiger partial charge in [-0.15, -0.1) is 0 Å². The monoisotopic (exact) mass is 192 g/mol. The average Bonchev–Trinajstić information content (AvgIpc) is 2.19. The van der Waals surface area contributed by atoms with Gasteiger partial charge in [0.1, 0.15) is 0 Å². The van der Waals surface area contributed by atoms with Gasteiger partial charge in [-0.1, -0.05) is 6.07 Å². The van der Waals surface area contributed by atoms with Gasteiger partial charge in [0.25, 0.3) is 0 Å². The molecule has 0 radical (unpaired) electrons. The minimum Gasteiger partial charge on any atom is -0.504 e. The van der Waals surface area contributed by atoms with Gasteiger partial charge in [0.2, 0.25) is 0 Å². The maximum atomic E-state index is 11.6. The van der Waals surface area contributed by atoms with Crippen LogP contribution in [0.1, 0.15) is 28.8 Å². The first-order chi connectivity index (χ1) is 6.74. The van der Waals surface area contributed by atoms with E-state index >= 15 is 0 Å². The molecule has 0 unspecified atom stereocenters. The van der Waals surface area contributed by atoms with Crippen molar-refractivity contribution in [1.29, 1.82) is 0 Å². The van der Waals surface area contributed by atoms with Crippen molar-refractivity contribution in [3.05, 3.63) is 23.3 Å². The Bertz CT molecular complexity index is 382. The number of ether oxygens (including phenoxy) is 1. The Morgan fingerprint density at radius 2 is 2.14 bits per heavy atom. The highest BCUT2D eigenvalue weighted by atomic mass is 16.5. The van der Waals surface area contributed by atoms with Crippen molar-refractivity contribution in [3.63, 3.8) is 0 Å². The Balaban J connectivity index is 2.63. The zero-order chi connectivity index (χ0) is 10.1. The average molecular weight is 192 g/mol. The second-order valence-electron chi connectivity index (χ2n) is 3.43. The van der Waals surface area contributed by atoms with E-state index in [4.69, 9.17) is 4.74 Å². The van der Waals surface area contributed by atoms with Crippen LogP contribution in [0.5, 0.6) is 11.5 Å². The highest BCUT2D eigenvalue weighted by molar-refractivity contribution is 6.01. The molecular weight excluding hydrogens is 180 g/mol. The van der Waals surface area contributed by atoms with Crippen LogP contribution in [0.15, 0.2) is 12.1 Å². The lowest BCUT2D eigenvalue weighted by atomic mass is 9.90. The van der Waals surface area contributed by atoms with Crippen LogP contribution < -0.4 is 4.74 Å². The van der Waals surface area contributed by atoms with Crippen LogP contribution in [0, 0.1) is 0 Å². The van der Waals surface area contributed by atoms with Crippen LogP contribution in [0.3, 0.4) is 0 Å². The number of Topliss-reactive ketones (excluding diaryl/α,β-unsaturated/α-hetero) is 1. The molecule has 14 heavy (non-hydrogen) atoms. The minimum atomic E-state index is 0.0431. The lowest BCUT2D eigenvalue weighted by Crippen LogP contribution is -2.12. The minimum absolute atomic E-state index is 0.0431. The van der Waals surface area contributed by atoms with Gasteiger partial charge in [0.05, 0.1) is 12.7 Å². The zero-order valence-corrected chi connectivity index (χ0v) is 8.04. The lowest BCUT2D eigenvalue weighted by molar-refractivity contribution is 0.0968. The molecule has 0 spiro atoms. The molecule has 1 aliphatic carbocycles. The Hall–Kier alpha value is -1.51. The van der Waals surface area contributed by atoms with Crippen LogP contribution in [0.4, 0.5) is 0 Å². The maximum absolute atomic E-state index is 11.6. The number of methoxy groups -OCH3 is 1. The topological polar surface area (TPSA) is 46.5 Å². The number of benzene rings is 1. The molecular formula is C11H12O3. The number of aryl methyl sites for hydroxylation is 1. The summed E-state index contributed by atoms with van der Waals surface area (Å²) in [5.74, 6) is 0.438. The number of hydrogen-bond donors (Lipinski definition) is 1. The number of aromatic hydroxyl groups is 1. The van der Waals surface area contributed by atoms with E-state index in [0.717, 1.165) is 18.4 Å². The van der Waals surface area contributed by atoms with Crippen molar-refractivity contribution < 1.29 is 14.6 Å². The molecule has 0 heterocycles. The van der Waals surface area contributed by atoms with Gasteiger partial charge >= 0.3 is 0 Å². The van der Waals surface area contributed by atoms with Gasteiger partial charge in [0.15, 0.2) is 17.3 Å². The molecule has 0 aliphatic heterocycles. The smallest absolute Gasteiger partial charge is 0.171 e. The first-order valence-electron chi connectivity index (χ1n) is 4.66. The largest absolute Gasteiger partial charge is 0.504 e. The summed E-state index contributed by atoms with van der Waals surface area (Å²) in [5, 5.41) is 9.51. The summed E-state index contributed by atoms with van der Waals surface area (Å²) in [7, 11) is 1.47. The number of rotatable bonds is 1. The predicted molar refractivity (Wildman–Crippen MR) is 51.9 cm³/mol. The summed E-state index contributed by atoms with van der Waals surface area (Å²) in [6.45, 7) is 0. The molecule has 0 atom stereocenters. The Morgan fingerprint density at radius 1 is 1.36 bits per heavy atom. The number of fused-ring (bicyclic) bond motifs is 1.